The molecule has 0 atom stereocenters. The van der Waals surface area contributed by atoms with Gasteiger partial charge < -0.3 is 0 Å². The molecule has 0 aliphatic carbocycles. The zero-order chi connectivity index (χ0) is 8.27. The van der Waals surface area contributed by atoms with Crippen LogP contribution in [0.4, 0.5) is 5.95 Å². The summed E-state index contributed by atoms with van der Waals surface area (Å²) < 4.78 is 0. The average molecular weight is 154 g/mol. The normalized spacial score (nSPS) is 10.2. The first-order valence-electron chi connectivity index (χ1n) is 3.02. The van der Waals surface area contributed by atoms with Crippen molar-refractivity contribution in [1.82, 2.24) is 15.2 Å². The summed E-state index contributed by atoms with van der Waals surface area (Å²) in [6.07, 6.45) is 3.23. The molecule has 0 bridgehead atoms. The highest BCUT2D eigenvalue weighted by atomic mass is 15.9. The molecule has 1 heterocycles. The zero-order valence-corrected chi connectivity index (χ0v) is 6.18. The van der Waals surface area contributed by atoms with Gasteiger partial charge in [0, 0.05) is 19.4 Å². The summed E-state index contributed by atoms with van der Waals surface area (Å²) in [4.78, 5) is 7.83. The summed E-state index contributed by atoms with van der Waals surface area (Å²) in [6, 6.07) is 1.72. The van der Waals surface area contributed by atoms with Crippen molar-refractivity contribution in [3.63, 3.8) is 0 Å². The van der Waals surface area contributed by atoms with Crippen LogP contribution < -0.4 is 16.7 Å². The zero-order valence-electron chi connectivity index (χ0n) is 6.18. The Bertz CT molecular complexity index is 209. The third-order valence-corrected chi connectivity index (χ3v) is 1.19. The Morgan fingerprint density at radius 2 is 1.82 bits per heavy atom. The van der Waals surface area contributed by atoms with Gasteiger partial charge in [-0.1, -0.05) is 5.23 Å². The molecular formula is C5H10N6. The van der Waals surface area contributed by atoms with E-state index in [1.54, 1.807) is 25.5 Å². The topological polar surface area (TPSA) is 84.3 Å². The quantitative estimate of drug-likeness (QED) is 0.414. The van der Waals surface area contributed by atoms with E-state index in [0.717, 1.165) is 5.23 Å². The number of hydrogen-bond donors (Lipinski definition) is 2. The number of hydrazine groups is 3. The Morgan fingerprint density at radius 1 is 1.27 bits per heavy atom. The van der Waals surface area contributed by atoms with E-state index >= 15 is 0 Å². The molecule has 0 aliphatic rings. The second-order valence-corrected chi connectivity index (χ2v) is 1.95. The van der Waals surface area contributed by atoms with E-state index in [1.165, 1.54) is 5.01 Å². The molecule has 6 heteroatoms. The molecule has 60 valence electrons. The molecule has 11 heavy (non-hydrogen) atoms. The lowest BCUT2D eigenvalue weighted by molar-refractivity contribution is 0.278. The van der Waals surface area contributed by atoms with Crippen LogP contribution in [0.2, 0.25) is 0 Å². The first-order chi connectivity index (χ1) is 5.22. The molecule has 0 saturated carbocycles. The first kappa shape index (κ1) is 7.86. The Balaban J connectivity index is 2.77. The van der Waals surface area contributed by atoms with Crippen molar-refractivity contribution < 1.29 is 0 Å². The minimum atomic E-state index is 0.456. The third kappa shape index (κ3) is 1.84. The molecule has 1 rings (SSSR count). The maximum atomic E-state index is 5.22. The van der Waals surface area contributed by atoms with Crippen molar-refractivity contribution >= 4 is 5.95 Å². The molecule has 0 aliphatic heterocycles. The van der Waals surface area contributed by atoms with Crippen molar-refractivity contribution in [3.05, 3.63) is 18.5 Å². The molecule has 1 aromatic heterocycles. The number of nitrogens with two attached hydrogens (primary N) is 2. The number of aromatic nitrogens is 2. The van der Waals surface area contributed by atoms with E-state index in [9.17, 15) is 0 Å². The maximum absolute atomic E-state index is 5.22. The molecule has 0 spiro atoms. The van der Waals surface area contributed by atoms with Gasteiger partial charge in [0.2, 0.25) is 5.95 Å². The van der Waals surface area contributed by atoms with Crippen LogP contribution in [0.25, 0.3) is 0 Å². The van der Waals surface area contributed by atoms with Gasteiger partial charge in [-0.05, 0) is 6.07 Å². The van der Waals surface area contributed by atoms with Gasteiger partial charge in [0.05, 0.1) is 0 Å². The van der Waals surface area contributed by atoms with Gasteiger partial charge in [0.1, 0.15) is 0 Å². The minimum Gasteiger partial charge on any atom is -0.249 e. The molecule has 0 saturated heterocycles. The molecule has 6 nitrogen and oxygen atoms in total. The van der Waals surface area contributed by atoms with Gasteiger partial charge in [-0.15, -0.1) is 0 Å². The molecular weight excluding hydrogens is 144 g/mol. The molecule has 0 aromatic carbocycles. The fourth-order valence-corrected chi connectivity index (χ4v) is 0.562. The monoisotopic (exact) mass is 154 g/mol. The molecule has 0 fully saturated rings. The van der Waals surface area contributed by atoms with Crippen LogP contribution >= 0.6 is 0 Å². The highest BCUT2D eigenvalue weighted by Crippen LogP contribution is 1.99. The van der Waals surface area contributed by atoms with E-state index in [1.807, 2.05) is 0 Å². The average Bonchev–Trinajstić information content (AvgIpc) is 2.05. The number of rotatable bonds is 2. The van der Waals surface area contributed by atoms with E-state index in [4.69, 9.17) is 11.7 Å². The predicted molar refractivity (Wildman–Crippen MR) is 40.6 cm³/mol. The SMILES string of the molecule is CN(c1ncccn1)N(N)N. The Labute approximate surface area is 64.3 Å². The predicted octanol–water partition coefficient (Wildman–Crippen LogP) is -1.12. The summed E-state index contributed by atoms with van der Waals surface area (Å²) in [6.45, 7) is 0. The molecule has 0 radical (unpaired) electrons. The van der Waals surface area contributed by atoms with E-state index in [-0.39, 0.29) is 0 Å². The van der Waals surface area contributed by atoms with Crippen LogP contribution in [-0.2, 0) is 0 Å². The lowest BCUT2D eigenvalue weighted by atomic mass is 10.7. The second-order valence-electron chi connectivity index (χ2n) is 1.95. The van der Waals surface area contributed by atoms with E-state index < -0.39 is 0 Å². The summed E-state index contributed by atoms with van der Waals surface area (Å²) in [5.41, 5.74) is 0. The minimum absolute atomic E-state index is 0.456. The van der Waals surface area contributed by atoms with E-state index in [0.29, 0.717) is 5.95 Å². The Kier molecular flexibility index (Phi) is 2.32. The fourth-order valence-electron chi connectivity index (χ4n) is 0.562. The largest absolute Gasteiger partial charge is 0.249 e. The first-order valence-corrected chi connectivity index (χ1v) is 3.02. The van der Waals surface area contributed by atoms with Crippen molar-refractivity contribution in [2.75, 3.05) is 12.1 Å². The molecule has 1 aromatic rings. The lowest BCUT2D eigenvalue weighted by Gasteiger charge is -2.21. The van der Waals surface area contributed by atoms with Gasteiger partial charge in [0.25, 0.3) is 0 Å². The third-order valence-electron chi connectivity index (χ3n) is 1.19. The second kappa shape index (κ2) is 3.24. The Morgan fingerprint density at radius 3 is 2.27 bits per heavy atom. The number of anilines is 1. The fraction of sp³-hybridized carbons (Fsp3) is 0.200. The van der Waals surface area contributed by atoms with Gasteiger partial charge in [-0.25, -0.2) is 26.7 Å². The Hall–Kier alpha value is -1.24. The van der Waals surface area contributed by atoms with E-state index in [2.05, 4.69) is 9.97 Å². The van der Waals surface area contributed by atoms with Gasteiger partial charge >= 0.3 is 0 Å². The van der Waals surface area contributed by atoms with Crippen LogP contribution in [0.1, 0.15) is 0 Å². The van der Waals surface area contributed by atoms with Crippen molar-refractivity contribution in [3.8, 4) is 0 Å². The van der Waals surface area contributed by atoms with Crippen molar-refractivity contribution in [2.45, 2.75) is 0 Å². The highest BCUT2D eigenvalue weighted by molar-refractivity contribution is 5.23. The van der Waals surface area contributed by atoms with Crippen LogP contribution in [-0.4, -0.2) is 22.2 Å². The van der Waals surface area contributed by atoms with Gasteiger partial charge in [-0.3, -0.25) is 0 Å². The van der Waals surface area contributed by atoms with Crippen LogP contribution in [0, 0.1) is 0 Å². The standard InChI is InChI=1S/C5H10N6/c1-10(11(6)7)5-8-3-2-4-9-5/h2-4H,6-7H2,1H3. The van der Waals surface area contributed by atoms with Crippen LogP contribution in [0.15, 0.2) is 18.5 Å². The lowest BCUT2D eigenvalue weighted by Crippen LogP contribution is -2.51. The molecule has 4 N–H and O–H groups in total. The maximum Gasteiger partial charge on any atom is 0.242 e. The van der Waals surface area contributed by atoms with Crippen LogP contribution in [0.5, 0.6) is 0 Å². The highest BCUT2D eigenvalue weighted by Gasteiger charge is 2.04. The smallest absolute Gasteiger partial charge is 0.242 e. The summed E-state index contributed by atoms with van der Waals surface area (Å²) in [7, 11) is 1.66. The number of nitrogens with zero attached hydrogens (tertiary/aromatic N) is 4. The summed E-state index contributed by atoms with van der Waals surface area (Å²) in [5, 5.41) is 2.33. The summed E-state index contributed by atoms with van der Waals surface area (Å²) in [5.74, 6) is 10.9. The van der Waals surface area contributed by atoms with Crippen molar-refractivity contribution in [2.24, 2.45) is 11.7 Å². The van der Waals surface area contributed by atoms with Crippen molar-refractivity contribution in [1.29, 1.82) is 0 Å². The molecule has 0 amide bonds. The summed E-state index contributed by atoms with van der Waals surface area (Å²) >= 11 is 0. The molecule has 0 unspecified atom stereocenters. The van der Waals surface area contributed by atoms with Gasteiger partial charge in [0.15, 0.2) is 0 Å². The van der Waals surface area contributed by atoms with Gasteiger partial charge in [-0.2, -0.15) is 0 Å². The number of hydrogen-bond acceptors (Lipinski definition) is 6. The van der Waals surface area contributed by atoms with Crippen LogP contribution in [0.3, 0.4) is 0 Å².